The van der Waals surface area contributed by atoms with Crippen LogP contribution in [0.15, 0.2) is 72.8 Å². The van der Waals surface area contributed by atoms with Crippen LogP contribution in [0.3, 0.4) is 0 Å². The number of rotatable bonds is 6. The van der Waals surface area contributed by atoms with Gasteiger partial charge in [0.05, 0.1) is 22.8 Å². The summed E-state index contributed by atoms with van der Waals surface area (Å²) < 4.78 is 5.75. The summed E-state index contributed by atoms with van der Waals surface area (Å²) in [5.74, 6) is 0.179. The number of benzene rings is 3. The van der Waals surface area contributed by atoms with E-state index in [2.05, 4.69) is 0 Å². The van der Waals surface area contributed by atoms with E-state index < -0.39 is 0 Å². The summed E-state index contributed by atoms with van der Waals surface area (Å²) in [7, 11) is 0. The van der Waals surface area contributed by atoms with Gasteiger partial charge < -0.3 is 4.74 Å². The Labute approximate surface area is 168 Å². The third kappa shape index (κ3) is 3.51. The van der Waals surface area contributed by atoms with Gasteiger partial charge in [-0.2, -0.15) is 0 Å². The Bertz CT molecular complexity index is 998. The maximum absolute atomic E-state index is 12.3. The molecule has 0 saturated carbocycles. The van der Waals surface area contributed by atoms with Crippen LogP contribution in [0.2, 0.25) is 5.02 Å². The van der Waals surface area contributed by atoms with Crippen molar-refractivity contribution in [2.75, 3.05) is 13.2 Å². The Morgan fingerprint density at radius 1 is 0.786 bits per heavy atom. The number of fused-ring (bicyclic) bond motifs is 1. The Morgan fingerprint density at radius 3 is 2.07 bits per heavy atom. The SMILES string of the molecule is O=C1c2ccccc2C(=O)N1CCCOc1ccc(-c2ccccc2)c(Cl)c1. The first-order chi connectivity index (χ1) is 13.6. The zero-order valence-corrected chi connectivity index (χ0v) is 15.9. The van der Waals surface area contributed by atoms with Gasteiger partial charge in [-0.25, -0.2) is 0 Å². The summed E-state index contributed by atoms with van der Waals surface area (Å²) in [6.07, 6.45) is 0.545. The van der Waals surface area contributed by atoms with E-state index in [0.29, 0.717) is 41.5 Å². The molecular formula is C23H18ClNO3. The molecule has 0 atom stereocenters. The van der Waals surface area contributed by atoms with Gasteiger partial charge in [0, 0.05) is 12.1 Å². The van der Waals surface area contributed by atoms with Crippen LogP contribution in [0, 0.1) is 0 Å². The molecular weight excluding hydrogens is 374 g/mol. The molecule has 1 aliphatic heterocycles. The lowest BCUT2D eigenvalue weighted by Gasteiger charge is -2.14. The molecule has 28 heavy (non-hydrogen) atoms. The van der Waals surface area contributed by atoms with Crippen molar-refractivity contribution < 1.29 is 14.3 Å². The molecule has 0 fully saturated rings. The molecule has 0 saturated heterocycles. The van der Waals surface area contributed by atoms with Crippen molar-refractivity contribution in [3.05, 3.63) is 88.9 Å². The minimum absolute atomic E-state index is 0.240. The zero-order valence-electron chi connectivity index (χ0n) is 15.1. The van der Waals surface area contributed by atoms with Crippen LogP contribution in [-0.4, -0.2) is 29.9 Å². The van der Waals surface area contributed by atoms with E-state index in [1.807, 2.05) is 42.5 Å². The largest absolute Gasteiger partial charge is 0.493 e. The zero-order chi connectivity index (χ0) is 19.5. The second kappa shape index (κ2) is 7.87. The molecule has 140 valence electrons. The van der Waals surface area contributed by atoms with E-state index in [9.17, 15) is 9.59 Å². The molecule has 0 aromatic heterocycles. The summed E-state index contributed by atoms with van der Waals surface area (Å²) in [4.78, 5) is 25.9. The molecule has 0 radical (unpaired) electrons. The minimum atomic E-state index is -0.240. The Kier molecular flexibility index (Phi) is 5.13. The molecule has 0 spiro atoms. The molecule has 2 amide bonds. The van der Waals surface area contributed by atoms with Crippen molar-refractivity contribution in [3.63, 3.8) is 0 Å². The predicted molar refractivity (Wildman–Crippen MR) is 109 cm³/mol. The molecule has 1 aliphatic rings. The average molecular weight is 392 g/mol. The first kappa shape index (κ1) is 18.3. The molecule has 4 rings (SSSR count). The van der Waals surface area contributed by atoms with Gasteiger partial charge >= 0.3 is 0 Å². The fraction of sp³-hybridized carbons (Fsp3) is 0.130. The third-order valence-electron chi connectivity index (χ3n) is 4.70. The maximum Gasteiger partial charge on any atom is 0.261 e. The number of carbonyl (C=O) groups is 2. The molecule has 0 unspecified atom stereocenters. The van der Waals surface area contributed by atoms with Crippen LogP contribution < -0.4 is 4.74 Å². The summed E-state index contributed by atoms with van der Waals surface area (Å²) in [5, 5.41) is 0.615. The molecule has 0 bridgehead atoms. The van der Waals surface area contributed by atoms with E-state index in [0.717, 1.165) is 11.1 Å². The van der Waals surface area contributed by atoms with Crippen LogP contribution in [0.1, 0.15) is 27.1 Å². The standard InChI is InChI=1S/C23H18ClNO3/c24-21-15-17(11-12-18(21)16-7-2-1-3-8-16)28-14-6-13-25-22(26)19-9-4-5-10-20(19)23(25)27/h1-5,7-12,15H,6,13-14H2. The van der Waals surface area contributed by atoms with Gasteiger partial charge in [-0.15, -0.1) is 0 Å². The number of hydrogen-bond acceptors (Lipinski definition) is 3. The summed E-state index contributed by atoms with van der Waals surface area (Å²) >= 11 is 6.39. The topological polar surface area (TPSA) is 46.6 Å². The quantitative estimate of drug-likeness (QED) is 0.435. The summed E-state index contributed by atoms with van der Waals surface area (Å²) in [5.41, 5.74) is 2.93. The monoisotopic (exact) mass is 391 g/mol. The van der Waals surface area contributed by atoms with Gasteiger partial charge in [-0.1, -0.05) is 54.1 Å². The van der Waals surface area contributed by atoms with Gasteiger partial charge in [-0.3, -0.25) is 14.5 Å². The number of ether oxygens (including phenoxy) is 1. The number of imide groups is 1. The highest BCUT2D eigenvalue weighted by molar-refractivity contribution is 6.33. The maximum atomic E-state index is 12.3. The van der Waals surface area contributed by atoms with E-state index in [4.69, 9.17) is 16.3 Å². The Hall–Kier alpha value is -3.11. The normalized spacial score (nSPS) is 13.0. The van der Waals surface area contributed by atoms with Crippen molar-refractivity contribution in [2.24, 2.45) is 0 Å². The van der Waals surface area contributed by atoms with Crippen molar-refractivity contribution in [1.29, 1.82) is 0 Å². The number of hydrogen-bond donors (Lipinski definition) is 0. The van der Waals surface area contributed by atoms with Crippen LogP contribution in [-0.2, 0) is 0 Å². The molecule has 5 heteroatoms. The Morgan fingerprint density at radius 2 is 1.43 bits per heavy atom. The molecule has 3 aromatic carbocycles. The molecule has 0 aliphatic carbocycles. The van der Waals surface area contributed by atoms with Crippen LogP contribution in [0.4, 0.5) is 0 Å². The van der Waals surface area contributed by atoms with E-state index in [-0.39, 0.29) is 11.8 Å². The molecule has 3 aromatic rings. The minimum Gasteiger partial charge on any atom is -0.493 e. The smallest absolute Gasteiger partial charge is 0.261 e. The molecule has 0 N–H and O–H groups in total. The van der Waals surface area contributed by atoms with Crippen LogP contribution >= 0.6 is 11.6 Å². The highest BCUT2D eigenvalue weighted by Gasteiger charge is 2.34. The number of amides is 2. The number of halogens is 1. The van der Waals surface area contributed by atoms with E-state index in [1.165, 1.54) is 4.90 Å². The predicted octanol–water partition coefficient (Wildman–Crippen LogP) is 5.07. The van der Waals surface area contributed by atoms with Crippen molar-refractivity contribution in [3.8, 4) is 16.9 Å². The average Bonchev–Trinajstić information content (AvgIpc) is 2.97. The molecule has 1 heterocycles. The van der Waals surface area contributed by atoms with E-state index in [1.54, 1.807) is 30.3 Å². The third-order valence-corrected chi connectivity index (χ3v) is 5.01. The summed E-state index contributed by atoms with van der Waals surface area (Å²) in [6, 6.07) is 22.4. The van der Waals surface area contributed by atoms with Crippen LogP contribution in [0.25, 0.3) is 11.1 Å². The summed E-state index contributed by atoms with van der Waals surface area (Å²) in [6.45, 7) is 0.705. The fourth-order valence-electron chi connectivity index (χ4n) is 3.29. The van der Waals surface area contributed by atoms with Gasteiger partial charge in [0.15, 0.2) is 0 Å². The highest BCUT2D eigenvalue weighted by Crippen LogP contribution is 2.31. The molecule has 4 nitrogen and oxygen atoms in total. The van der Waals surface area contributed by atoms with Gasteiger partial charge in [0.25, 0.3) is 11.8 Å². The van der Waals surface area contributed by atoms with Crippen molar-refractivity contribution in [1.82, 2.24) is 4.90 Å². The first-order valence-corrected chi connectivity index (χ1v) is 9.46. The van der Waals surface area contributed by atoms with Gasteiger partial charge in [0.1, 0.15) is 5.75 Å². The van der Waals surface area contributed by atoms with Crippen molar-refractivity contribution in [2.45, 2.75) is 6.42 Å². The lowest BCUT2D eigenvalue weighted by molar-refractivity contribution is 0.0647. The number of carbonyl (C=O) groups excluding carboxylic acids is 2. The van der Waals surface area contributed by atoms with Gasteiger partial charge in [0.2, 0.25) is 0 Å². The second-order valence-electron chi connectivity index (χ2n) is 6.52. The lowest BCUT2D eigenvalue weighted by atomic mass is 10.1. The number of nitrogens with zero attached hydrogens (tertiary/aromatic N) is 1. The Balaban J connectivity index is 1.33. The second-order valence-corrected chi connectivity index (χ2v) is 6.92. The van der Waals surface area contributed by atoms with Crippen LogP contribution in [0.5, 0.6) is 5.75 Å². The van der Waals surface area contributed by atoms with Crippen molar-refractivity contribution >= 4 is 23.4 Å². The fourth-order valence-corrected chi connectivity index (χ4v) is 3.57. The lowest BCUT2D eigenvalue weighted by Crippen LogP contribution is -2.31. The highest BCUT2D eigenvalue weighted by atomic mass is 35.5. The van der Waals surface area contributed by atoms with Gasteiger partial charge in [-0.05, 0) is 42.3 Å². The first-order valence-electron chi connectivity index (χ1n) is 9.08. The van der Waals surface area contributed by atoms with E-state index >= 15 is 0 Å².